The summed E-state index contributed by atoms with van der Waals surface area (Å²) in [6.07, 6.45) is 0.121. The molecule has 0 spiro atoms. The zero-order valence-corrected chi connectivity index (χ0v) is 18.9. The number of ether oxygens (including phenoxy) is 1. The monoisotopic (exact) mass is 588 g/mol. The van der Waals surface area contributed by atoms with E-state index in [2.05, 4.69) is 59.0 Å². The molecule has 0 aliphatic heterocycles. The van der Waals surface area contributed by atoms with Gasteiger partial charge in [0.2, 0.25) is 0 Å². The molecule has 25 heavy (non-hydrogen) atoms. The van der Waals surface area contributed by atoms with Crippen LogP contribution in [0.1, 0.15) is 30.9 Å². The number of hydrogen-bond donors (Lipinski definition) is 3. The Balaban J connectivity index is 2.19. The fourth-order valence-corrected chi connectivity index (χ4v) is 5.75. The molecular weight excluding hydrogens is 569 g/mol. The van der Waals surface area contributed by atoms with Crippen molar-refractivity contribution >= 4 is 52.8 Å². The Hall–Kier alpha value is -0.350. The fourth-order valence-electron chi connectivity index (χ4n) is 2.33. The minimum atomic E-state index is -3.99. The Labute approximate surface area is 174 Å². The van der Waals surface area contributed by atoms with E-state index in [0.717, 1.165) is 18.3 Å². The van der Waals surface area contributed by atoms with Gasteiger partial charge in [0.05, 0.1) is 9.73 Å². The second-order valence-corrected chi connectivity index (χ2v) is 9.99. The van der Waals surface area contributed by atoms with Crippen molar-refractivity contribution in [2.24, 2.45) is 0 Å². The molecule has 0 atom stereocenters. The van der Waals surface area contributed by atoms with Gasteiger partial charge in [-0.05, 0) is 86.8 Å². The molecule has 0 aromatic heterocycles. The molecule has 3 N–H and O–H groups in total. The summed E-state index contributed by atoms with van der Waals surface area (Å²) in [6.45, 7) is 4.16. The number of halogens is 2. The second kappa shape index (κ2) is 8.56. The van der Waals surface area contributed by atoms with E-state index in [-0.39, 0.29) is 11.9 Å². The van der Waals surface area contributed by atoms with Gasteiger partial charge >= 0.3 is 7.60 Å². The van der Waals surface area contributed by atoms with E-state index in [1.165, 1.54) is 0 Å². The number of phenolic OH excluding ortho intramolecular Hbond substituents is 1. The highest BCUT2D eigenvalue weighted by molar-refractivity contribution is 14.1. The Bertz CT molecular complexity index is 800. The highest BCUT2D eigenvalue weighted by atomic mass is 127. The third-order valence-corrected chi connectivity index (χ3v) is 6.40. The third-order valence-electron chi connectivity index (χ3n) is 3.61. The normalized spacial score (nSPS) is 11.8. The van der Waals surface area contributed by atoms with Crippen molar-refractivity contribution in [2.75, 3.05) is 6.16 Å². The maximum Gasteiger partial charge on any atom is 0.325 e. The molecule has 8 heteroatoms. The van der Waals surface area contributed by atoms with Gasteiger partial charge in [0, 0.05) is 3.57 Å². The molecule has 0 saturated carbocycles. The summed E-state index contributed by atoms with van der Waals surface area (Å²) >= 11 is 4.37. The van der Waals surface area contributed by atoms with Crippen LogP contribution in [0.15, 0.2) is 30.3 Å². The molecule has 5 nitrogen and oxygen atoms in total. The topological polar surface area (TPSA) is 87.0 Å². The molecule has 0 bridgehead atoms. The maximum atomic E-state index is 10.9. The molecule has 136 valence electrons. The lowest BCUT2D eigenvalue weighted by molar-refractivity contribution is 0.373. The lowest BCUT2D eigenvalue weighted by Crippen LogP contribution is -1.99. The zero-order chi connectivity index (χ0) is 18.8. The number of aromatic hydroxyl groups is 1. The number of benzene rings is 2. The van der Waals surface area contributed by atoms with Gasteiger partial charge in [0.1, 0.15) is 5.75 Å². The molecular formula is C17H19I2O5P. The molecule has 0 radical (unpaired) electrons. The van der Waals surface area contributed by atoms with Gasteiger partial charge in [-0.2, -0.15) is 0 Å². The molecule has 0 aliphatic rings. The molecule has 0 unspecified atom stereocenters. The molecule has 0 fully saturated rings. The average molecular weight is 588 g/mol. The van der Waals surface area contributed by atoms with Gasteiger partial charge in [0.15, 0.2) is 11.5 Å². The first-order valence-corrected chi connectivity index (χ1v) is 11.6. The Morgan fingerprint density at radius 3 is 2.28 bits per heavy atom. The quantitative estimate of drug-likeness (QED) is 0.318. The van der Waals surface area contributed by atoms with Crippen LogP contribution in [-0.4, -0.2) is 21.1 Å². The largest absolute Gasteiger partial charge is 0.504 e. The first-order chi connectivity index (χ1) is 11.6. The van der Waals surface area contributed by atoms with Gasteiger partial charge in [-0.3, -0.25) is 4.57 Å². The van der Waals surface area contributed by atoms with Crippen molar-refractivity contribution in [3.05, 3.63) is 48.6 Å². The highest BCUT2D eigenvalue weighted by Gasteiger charge is 2.18. The molecule has 0 amide bonds. The van der Waals surface area contributed by atoms with Crippen LogP contribution in [-0.2, 0) is 11.0 Å². The van der Waals surface area contributed by atoms with Crippen LogP contribution in [0.2, 0.25) is 0 Å². The Morgan fingerprint density at radius 1 is 1.16 bits per heavy atom. The smallest absolute Gasteiger partial charge is 0.325 e. The van der Waals surface area contributed by atoms with E-state index in [1.54, 1.807) is 24.3 Å². The number of hydrogen-bond acceptors (Lipinski definition) is 3. The van der Waals surface area contributed by atoms with Crippen molar-refractivity contribution < 1.29 is 24.2 Å². The lowest BCUT2D eigenvalue weighted by atomic mass is 10.0. The van der Waals surface area contributed by atoms with Crippen molar-refractivity contribution in [2.45, 2.75) is 26.2 Å². The van der Waals surface area contributed by atoms with Crippen molar-refractivity contribution in [3.63, 3.8) is 0 Å². The van der Waals surface area contributed by atoms with Crippen LogP contribution in [0.25, 0.3) is 0 Å². The van der Waals surface area contributed by atoms with E-state index in [1.807, 2.05) is 6.07 Å². The standard InChI is InChI=1S/C17H19I2O5P/c1-10(2)15-13(18)9-14(17(20)16(15)19)24-12-5-3-11(4-6-12)7-8-25(21,22)23/h3-6,9-10,20H,7-8H2,1-2H3,(H2,21,22,23). The molecule has 0 saturated heterocycles. The van der Waals surface area contributed by atoms with E-state index >= 15 is 0 Å². The van der Waals surface area contributed by atoms with Crippen LogP contribution in [0.4, 0.5) is 0 Å². The molecule has 2 aromatic carbocycles. The summed E-state index contributed by atoms with van der Waals surface area (Å²) in [6, 6.07) is 8.80. The predicted molar refractivity (Wildman–Crippen MR) is 115 cm³/mol. The Morgan fingerprint density at radius 2 is 1.76 bits per heavy atom. The third kappa shape index (κ3) is 5.82. The molecule has 2 aromatic rings. The van der Waals surface area contributed by atoms with Crippen molar-refractivity contribution in [1.82, 2.24) is 0 Å². The van der Waals surface area contributed by atoms with E-state index in [4.69, 9.17) is 14.5 Å². The molecule has 2 rings (SSSR count). The first kappa shape index (κ1) is 21.0. The first-order valence-electron chi connectivity index (χ1n) is 7.60. The highest BCUT2D eigenvalue weighted by Crippen LogP contribution is 2.41. The van der Waals surface area contributed by atoms with Gasteiger partial charge in [-0.1, -0.05) is 26.0 Å². The lowest BCUT2D eigenvalue weighted by Gasteiger charge is -2.16. The van der Waals surface area contributed by atoms with Crippen LogP contribution in [0, 0.1) is 7.14 Å². The molecule has 0 heterocycles. The van der Waals surface area contributed by atoms with Crippen LogP contribution >= 0.6 is 52.8 Å². The van der Waals surface area contributed by atoms with Crippen LogP contribution < -0.4 is 4.74 Å². The van der Waals surface area contributed by atoms with Crippen molar-refractivity contribution in [3.8, 4) is 17.2 Å². The van der Waals surface area contributed by atoms with Gasteiger partial charge < -0.3 is 19.6 Å². The number of rotatable bonds is 6. The summed E-state index contributed by atoms with van der Waals surface area (Å²) in [5.41, 5.74) is 1.91. The molecule has 0 aliphatic carbocycles. The number of aryl methyl sites for hydroxylation is 1. The summed E-state index contributed by atoms with van der Waals surface area (Å²) in [7, 11) is -3.99. The van der Waals surface area contributed by atoms with E-state index in [0.29, 0.717) is 23.8 Å². The minimum Gasteiger partial charge on any atom is -0.504 e. The number of phenols is 1. The summed E-state index contributed by atoms with van der Waals surface area (Å²) in [4.78, 5) is 17.9. The van der Waals surface area contributed by atoms with Gasteiger partial charge in [-0.15, -0.1) is 0 Å². The van der Waals surface area contributed by atoms with Gasteiger partial charge in [0.25, 0.3) is 0 Å². The average Bonchev–Trinajstić information content (AvgIpc) is 2.50. The SMILES string of the molecule is CC(C)c1c(I)cc(Oc2ccc(CCP(=O)(O)O)cc2)c(O)c1I. The van der Waals surface area contributed by atoms with E-state index < -0.39 is 7.60 Å². The van der Waals surface area contributed by atoms with Crippen molar-refractivity contribution in [1.29, 1.82) is 0 Å². The van der Waals surface area contributed by atoms with Gasteiger partial charge in [-0.25, -0.2) is 0 Å². The Kier molecular flexibility index (Phi) is 7.17. The summed E-state index contributed by atoms with van der Waals surface area (Å²) in [5.74, 6) is 1.36. The van der Waals surface area contributed by atoms with Crippen LogP contribution in [0.3, 0.4) is 0 Å². The summed E-state index contributed by atoms with van der Waals surface area (Å²) in [5, 5.41) is 10.4. The van der Waals surface area contributed by atoms with E-state index in [9.17, 15) is 9.67 Å². The zero-order valence-electron chi connectivity index (χ0n) is 13.7. The summed E-state index contributed by atoms with van der Waals surface area (Å²) < 4.78 is 18.5. The maximum absolute atomic E-state index is 10.9. The van der Waals surface area contributed by atoms with Crippen LogP contribution in [0.5, 0.6) is 17.2 Å². The minimum absolute atomic E-state index is 0.121. The predicted octanol–water partition coefficient (Wildman–Crippen LogP) is 5.24. The second-order valence-electron chi connectivity index (χ2n) is 5.97. The fraction of sp³-hybridized carbons (Fsp3) is 0.294.